The molecule has 2 rings (SSSR count). The van der Waals surface area contributed by atoms with Crippen molar-refractivity contribution in [1.29, 1.82) is 0 Å². The summed E-state index contributed by atoms with van der Waals surface area (Å²) in [5.74, 6) is -1.08. The molecule has 1 heterocycles. The van der Waals surface area contributed by atoms with Crippen LogP contribution in [0.25, 0.3) is 11.3 Å². The van der Waals surface area contributed by atoms with Crippen LogP contribution >= 0.6 is 15.9 Å². The van der Waals surface area contributed by atoms with Gasteiger partial charge in [-0.2, -0.15) is 0 Å². The fraction of sp³-hybridized carbons (Fsp3) is 0.0769. The average molecular weight is 310 g/mol. The van der Waals surface area contributed by atoms with Gasteiger partial charge in [-0.15, -0.1) is 0 Å². The second kappa shape index (κ2) is 5.27. The maximum atomic E-state index is 13.5. The smallest absolute Gasteiger partial charge is 0.337 e. The summed E-state index contributed by atoms with van der Waals surface area (Å²) < 4.78 is 18.7. The summed E-state index contributed by atoms with van der Waals surface area (Å²) in [6, 6.07) is 9.29. The number of halogens is 2. The van der Waals surface area contributed by atoms with Crippen LogP contribution in [0.15, 0.2) is 41.0 Å². The third-order valence-electron chi connectivity index (χ3n) is 2.33. The Morgan fingerprint density at radius 1 is 1.33 bits per heavy atom. The summed E-state index contributed by atoms with van der Waals surface area (Å²) in [5, 5.41) is 0. The number of benzene rings is 1. The fourth-order valence-corrected chi connectivity index (χ4v) is 1.89. The molecule has 3 nitrogen and oxygen atoms in total. The van der Waals surface area contributed by atoms with Crippen molar-refractivity contribution in [3.63, 3.8) is 0 Å². The molecule has 0 N–H and O–H groups in total. The first-order valence-electron chi connectivity index (χ1n) is 5.12. The standard InChI is InChI=1S/C13H9BrFNO2/c1-18-13(17)9-5-8(6-10(15)7-9)11-3-2-4-12(14)16-11/h2-7H,1H3. The van der Waals surface area contributed by atoms with Crippen LogP contribution in [-0.2, 0) is 4.74 Å². The van der Waals surface area contributed by atoms with E-state index in [4.69, 9.17) is 0 Å². The maximum Gasteiger partial charge on any atom is 0.337 e. The van der Waals surface area contributed by atoms with E-state index < -0.39 is 11.8 Å². The zero-order chi connectivity index (χ0) is 13.1. The van der Waals surface area contributed by atoms with Crippen molar-refractivity contribution in [3.8, 4) is 11.3 Å². The maximum absolute atomic E-state index is 13.5. The Labute approximate surface area is 112 Å². The number of carbonyl (C=O) groups is 1. The number of hydrogen-bond acceptors (Lipinski definition) is 3. The summed E-state index contributed by atoms with van der Waals surface area (Å²) in [4.78, 5) is 15.6. The molecule has 0 unspecified atom stereocenters. The van der Waals surface area contributed by atoms with Gasteiger partial charge in [0.15, 0.2) is 0 Å². The molecule has 0 atom stereocenters. The van der Waals surface area contributed by atoms with E-state index in [9.17, 15) is 9.18 Å². The lowest BCUT2D eigenvalue weighted by molar-refractivity contribution is 0.0600. The largest absolute Gasteiger partial charge is 0.465 e. The third kappa shape index (κ3) is 2.73. The summed E-state index contributed by atoms with van der Waals surface area (Å²) >= 11 is 3.24. The van der Waals surface area contributed by atoms with Gasteiger partial charge in [-0.3, -0.25) is 0 Å². The van der Waals surface area contributed by atoms with Gasteiger partial charge < -0.3 is 4.74 Å². The Morgan fingerprint density at radius 3 is 2.78 bits per heavy atom. The number of rotatable bonds is 2. The first-order valence-corrected chi connectivity index (χ1v) is 5.91. The zero-order valence-electron chi connectivity index (χ0n) is 9.48. The van der Waals surface area contributed by atoms with Crippen LogP contribution in [-0.4, -0.2) is 18.1 Å². The highest BCUT2D eigenvalue weighted by molar-refractivity contribution is 9.10. The lowest BCUT2D eigenvalue weighted by atomic mass is 10.1. The molecule has 1 aromatic heterocycles. The normalized spacial score (nSPS) is 10.2. The Hall–Kier alpha value is -1.75. The highest BCUT2D eigenvalue weighted by atomic mass is 79.9. The van der Waals surface area contributed by atoms with E-state index in [1.165, 1.54) is 13.2 Å². The first-order chi connectivity index (χ1) is 8.60. The van der Waals surface area contributed by atoms with Gasteiger partial charge in [-0.05, 0) is 46.3 Å². The minimum Gasteiger partial charge on any atom is -0.465 e. The summed E-state index contributed by atoms with van der Waals surface area (Å²) in [7, 11) is 1.25. The predicted molar refractivity (Wildman–Crippen MR) is 68.7 cm³/mol. The Kier molecular flexibility index (Phi) is 3.72. The number of nitrogens with zero attached hydrogens (tertiary/aromatic N) is 1. The Balaban J connectivity index is 2.51. The molecule has 1 aromatic carbocycles. The van der Waals surface area contributed by atoms with Crippen molar-refractivity contribution in [2.45, 2.75) is 0 Å². The quantitative estimate of drug-likeness (QED) is 0.630. The van der Waals surface area contributed by atoms with E-state index in [0.717, 1.165) is 6.07 Å². The van der Waals surface area contributed by atoms with Gasteiger partial charge in [0.25, 0.3) is 0 Å². The minimum absolute atomic E-state index is 0.161. The number of carbonyl (C=O) groups excluding carboxylic acids is 1. The van der Waals surface area contributed by atoms with Crippen LogP contribution in [0.4, 0.5) is 4.39 Å². The van der Waals surface area contributed by atoms with Crippen LogP contribution in [0.2, 0.25) is 0 Å². The van der Waals surface area contributed by atoms with Crippen molar-refractivity contribution in [3.05, 3.63) is 52.4 Å². The highest BCUT2D eigenvalue weighted by Crippen LogP contribution is 2.22. The molecule has 2 aromatic rings. The Morgan fingerprint density at radius 2 is 2.11 bits per heavy atom. The fourth-order valence-electron chi connectivity index (χ4n) is 1.54. The number of hydrogen-bond donors (Lipinski definition) is 0. The Bertz CT molecular complexity index is 601. The molecule has 0 bridgehead atoms. The molecule has 0 saturated carbocycles. The predicted octanol–water partition coefficient (Wildman–Crippen LogP) is 3.44. The summed E-state index contributed by atoms with van der Waals surface area (Å²) in [6.07, 6.45) is 0. The van der Waals surface area contributed by atoms with E-state index in [0.29, 0.717) is 15.9 Å². The molecular formula is C13H9BrFNO2. The summed E-state index contributed by atoms with van der Waals surface area (Å²) in [6.45, 7) is 0. The molecule has 0 aliphatic rings. The number of methoxy groups -OCH3 is 1. The van der Waals surface area contributed by atoms with Crippen molar-refractivity contribution < 1.29 is 13.9 Å². The molecule has 0 fully saturated rings. The topological polar surface area (TPSA) is 39.2 Å². The van der Waals surface area contributed by atoms with Crippen molar-refractivity contribution in [2.24, 2.45) is 0 Å². The van der Waals surface area contributed by atoms with Crippen LogP contribution in [0.1, 0.15) is 10.4 Å². The number of pyridine rings is 1. The van der Waals surface area contributed by atoms with E-state index in [1.54, 1.807) is 24.3 Å². The second-order valence-corrected chi connectivity index (χ2v) is 4.38. The minimum atomic E-state index is -0.578. The molecule has 0 spiro atoms. The van der Waals surface area contributed by atoms with E-state index >= 15 is 0 Å². The zero-order valence-corrected chi connectivity index (χ0v) is 11.1. The number of ether oxygens (including phenoxy) is 1. The van der Waals surface area contributed by atoms with Crippen LogP contribution < -0.4 is 0 Å². The lowest BCUT2D eigenvalue weighted by Crippen LogP contribution is -2.02. The second-order valence-electron chi connectivity index (χ2n) is 3.57. The molecular weight excluding hydrogens is 301 g/mol. The van der Waals surface area contributed by atoms with Crippen LogP contribution in [0, 0.1) is 5.82 Å². The van der Waals surface area contributed by atoms with E-state index in [-0.39, 0.29) is 5.56 Å². The summed E-state index contributed by atoms with van der Waals surface area (Å²) in [5.41, 5.74) is 1.26. The molecule has 0 aliphatic heterocycles. The average Bonchev–Trinajstić information content (AvgIpc) is 2.37. The van der Waals surface area contributed by atoms with Crippen LogP contribution in [0.5, 0.6) is 0 Å². The third-order valence-corrected chi connectivity index (χ3v) is 2.77. The number of aromatic nitrogens is 1. The van der Waals surface area contributed by atoms with E-state index in [2.05, 4.69) is 25.7 Å². The van der Waals surface area contributed by atoms with Gasteiger partial charge in [0.1, 0.15) is 10.4 Å². The van der Waals surface area contributed by atoms with Gasteiger partial charge >= 0.3 is 5.97 Å². The van der Waals surface area contributed by atoms with Gasteiger partial charge in [0, 0.05) is 5.56 Å². The molecule has 0 amide bonds. The molecule has 0 aliphatic carbocycles. The SMILES string of the molecule is COC(=O)c1cc(F)cc(-c2cccc(Br)n2)c1. The molecule has 92 valence electrons. The van der Waals surface area contributed by atoms with Gasteiger partial charge in [-0.25, -0.2) is 14.2 Å². The number of esters is 1. The van der Waals surface area contributed by atoms with E-state index in [1.807, 2.05) is 0 Å². The van der Waals surface area contributed by atoms with Crippen LogP contribution in [0.3, 0.4) is 0 Å². The van der Waals surface area contributed by atoms with Gasteiger partial charge in [0.05, 0.1) is 18.4 Å². The first kappa shape index (κ1) is 12.7. The van der Waals surface area contributed by atoms with Crippen molar-refractivity contribution in [1.82, 2.24) is 4.98 Å². The molecule has 0 radical (unpaired) electrons. The lowest BCUT2D eigenvalue weighted by Gasteiger charge is -2.05. The molecule has 5 heteroatoms. The van der Waals surface area contributed by atoms with Crippen molar-refractivity contribution in [2.75, 3.05) is 7.11 Å². The van der Waals surface area contributed by atoms with Gasteiger partial charge in [0.2, 0.25) is 0 Å². The highest BCUT2D eigenvalue weighted by Gasteiger charge is 2.10. The van der Waals surface area contributed by atoms with Gasteiger partial charge in [-0.1, -0.05) is 6.07 Å². The van der Waals surface area contributed by atoms with Crippen molar-refractivity contribution >= 4 is 21.9 Å². The molecule has 18 heavy (non-hydrogen) atoms. The molecule has 0 saturated heterocycles. The monoisotopic (exact) mass is 309 g/mol.